The molecule has 7 N–H and O–H groups in total. The second-order valence-corrected chi connectivity index (χ2v) is 12.4. The molecule has 0 unspecified atom stereocenters. The number of phenolic OH excluding ortho intramolecular Hbond substituents is 1. The standard InChI is InChI=1S/C35H41N5O11.ClH/c1-18(2)12-22(36)32(43)37-24-14-20-10-11-27(25(15-20)40(47)48)51-28-17-21(16-26(41)31(28)49-3)29(30(42)35(46)50-4)39-34(45)23(38-33(24)44)13-19-8-6-5-7-9-19;/h5-11,15-18,22-24,29-30,41-42H,12-14,36H2,1-4H3,(H,37,43)(H,38,44)(H,39,45);1H/t22-,23-,24+,29-,30+;/m1./s1. The predicted octanol–water partition coefficient (Wildman–Crippen LogP) is 2.36. The number of fused-ring (bicyclic) bond motifs is 9. The molecule has 52 heavy (non-hydrogen) atoms. The highest BCUT2D eigenvalue weighted by Crippen LogP contribution is 2.44. The minimum Gasteiger partial charge on any atom is -0.504 e. The van der Waals surface area contributed by atoms with Crippen LogP contribution in [0.3, 0.4) is 0 Å². The van der Waals surface area contributed by atoms with Crippen molar-refractivity contribution in [2.24, 2.45) is 11.7 Å². The van der Waals surface area contributed by atoms with Crippen molar-refractivity contribution in [2.45, 2.75) is 63.4 Å². The molecule has 0 radical (unpaired) electrons. The lowest BCUT2D eigenvalue weighted by molar-refractivity contribution is -0.385. The Morgan fingerprint density at radius 3 is 2.37 bits per heavy atom. The first-order chi connectivity index (χ1) is 24.2. The smallest absolute Gasteiger partial charge is 0.337 e. The molecule has 3 aromatic rings. The van der Waals surface area contributed by atoms with E-state index in [1.54, 1.807) is 30.3 Å². The lowest BCUT2D eigenvalue weighted by Gasteiger charge is -2.28. The molecule has 0 saturated heterocycles. The summed E-state index contributed by atoms with van der Waals surface area (Å²) >= 11 is 0. The third-order valence-corrected chi connectivity index (χ3v) is 8.17. The topological polar surface area (TPSA) is 242 Å². The summed E-state index contributed by atoms with van der Waals surface area (Å²) in [6.45, 7) is 3.75. The summed E-state index contributed by atoms with van der Waals surface area (Å²) in [6.07, 6.45) is -2.07. The third-order valence-electron chi connectivity index (χ3n) is 8.17. The van der Waals surface area contributed by atoms with Gasteiger partial charge in [-0.2, -0.15) is 0 Å². The highest BCUT2D eigenvalue weighted by molar-refractivity contribution is 5.93. The van der Waals surface area contributed by atoms with E-state index in [9.17, 15) is 39.5 Å². The first-order valence-corrected chi connectivity index (χ1v) is 16.0. The number of nitrogens with one attached hydrogen (secondary N) is 3. The van der Waals surface area contributed by atoms with Gasteiger partial charge in [0, 0.05) is 18.9 Å². The molecule has 0 spiro atoms. The Labute approximate surface area is 305 Å². The number of esters is 1. The fourth-order valence-electron chi connectivity index (χ4n) is 5.63. The van der Waals surface area contributed by atoms with Gasteiger partial charge in [-0.25, -0.2) is 4.79 Å². The van der Waals surface area contributed by atoms with Gasteiger partial charge in [0.25, 0.3) is 0 Å². The van der Waals surface area contributed by atoms with Gasteiger partial charge in [0.2, 0.25) is 29.2 Å². The molecule has 2 aliphatic heterocycles. The Hall–Kier alpha value is -5.45. The second-order valence-electron chi connectivity index (χ2n) is 12.4. The molecule has 4 bridgehead atoms. The van der Waals surface area contributed by atoms with Crippen molar-refractivity contribution in [1.29, 1.82) is 0 Å². The summed E-state index contributed by atoms with van der Waals surface area (Å²) in [4.78, 5) is 65.4. The second kappa shape index (κ2) is 18.2. The minimum absolute atomic E-state index is 0. The Morgan fingerprint density at radius 1 is 1.06 bits per heavy atom. The first kappa shape index (κ1) is 41.0. The van der Waals surface area contributed by atoms with Crippen LogP contribution in [0.5, 0.6) is 23.0 Å². The molecule has 3 amide bonds. The number of rotatable bonds is 10. The van der Waals surface area contributed by atoms with Crippen molar-refractivity contribution in [1.82, 2.24) is 16.0 Å². The van der Waals surface area contributed by atoms with Crippen LogP contribution in [0.2, 0.25) is 0 Å². The van der Waals surface area contributed by atoms with Gasteiger partial charge in [-0.05, 0) is 47.2 Å². The van der Waals surface area contributed by atoms with E-state index in [0.717, 1.165) is 19.2 Å². The predicted molar refractivity (Wildman–Crippen MR) is 189 cm³/mol. The maximum atomic E-state index is 14.1. The molecule has 0 saturated carbocycles. The number of carbonyl (C=O) groups excluding carboxylic acids is 4. The van der Waals surface area contributed by atoms with Crippen molar-refractivity contribution in [2.75, 3.05) is 14.2 Å². The molecular formula is C35H42ClN5O11. The molecule has 3 aromatic carbocycles. The summed E-state index contributed by atoms with van der Waals surface area (Å²) in [6, 6.07) is 9.53. The van der Waals surface area contributed by atoms with E-state index in [1.807, 2.05) is 13.8 Å². The van der Waals surface area contributed by atoms with Gasteiger partial charge >= 0.3 is 11.7 Å². The van der Waals surface area contributed by atoms with Gasteiger partial charge in [-0.15, -0.1) is 12.4 Å². The number of hydrogen-bond donors (Lipinski definition) is 6. The van der Waals surface area contributed by atoms with Gasteiger partial charge in [0.15, 0.2) is 17.6 Å². The summed E-state index contributed by atoms with van der Waals surface area (Å²) < 4.78 is 15.9. The fraction of sp³-hybridized carbons (Fsp3) is 0.371. The van der Waals surface area contributed by atoms with Crippen LogP contribution in [0, 0.1) is 16.0 Å². The molecular weight excluding hydrogens is 702 g/mol. The van der Waals surface area contributed by atoms with Gasteiger partial charge in [-0.3, -0.25) is 24.5 Å². The number of aromatic hydroxyl groups is 1. The average molecular weight is 744 g/mol. The van der Waals surface area contributed by atoms with E-state index in [2.05, 4.69) is 16.0 Å². The highest BCUT2D eigenvalue weighted by Gasteiger charge is 2.36. The summed E-state index contributed by atoms with van der Waals surface area (Å²) in [5, 5.41) is 42.1. The van der Waals surface area contributed by atoms with Crippen molar-refractivity contribution in [3.63, 3.8) is 0 Å². The Balaban J connectivity index is 0.00000729. The molecule has 2 aliphatic rings. The van der Waals surface area contributed by atoms with Crippen LogP contribution in [0.4, 0.5) is 5.69 Å². The number of nitro benzene ring substituents is 1. The maximum absolute atomic E-state index is 14.1. The van der Waals surface area contributed by atoms with Gasteiger partial charge < -0.3 is 46.1 Å². The Bertz CT molecular complexity index is 1780. The van der Waals surface area contributed by atoms with Crippen LogP contribution in [0.1, 0.15) is 43.0 Å². The number of methoxy groups -OCH3 is 2. The van der Waals surface area contributed by atoms with Crippen LogP contribution < -0.4 is 31.2 Å². The molecule has 0 aromatic heterocycles. The minimum atomic E-state index is -2.05. The lowest BCUT2D eigenvalue weighted by Crippen LogP contribution is -2.57. The lowest BCUT2D eigenvalue weighted by atomic mass is 9.97. The SMILES string of the molecule is COC(=O)[C@@H](O)[C@@H]1NC(=O)[C@@H](Cc2ccccc2)NC(=O)[C@@H](NC(=O)[C@H](N)CC(C)C)Cc2ccc(c([N+](=O)[O-])c2)Oc2cc1cc(O)c2OC.Cl. The number of nitrogens with two attached hydrogens (primary N) is 1. The number of carbonyl (C=O) groups is 4. The van der Waals surface area contributed by atoms with Gasteiger partial charge in [0.05, 0.1) is 31.2 Å². The molecule has 280 valence electrons. The molecule has 17 heteroatoms. The largest absolute Gasteiger partial charge is 0.504 e. The number of nitro groups is 1. The average Bonchev–Trinajstić information content (AvgIpc) is 3.09. The monoisotopic (exact) mass is 743 g/mol. The summed E-state index contributed by atoms with van der Waals surface area (Å²) in [7, 11) is 2.23. The maximum Gasteiger partial charge on any atom is 0.337 e. The number of aliphatic hydroxyl groups excluding tert-OH is 1. The Morgan fingerprint density at radius 2 is 1.75 bits per heavy atom. The number of nitrogens with zero attached hydrogens (tertiary/aromatic N) is 1. The van der Waals surface area contributed by atoms with Crippen molar-refractivity contribution in [3.05, 3.63) is 87.5 Å². The molecule has 5 rings (SSSR count). The van der Waals surface area contributed by atoms with Crippen molar-refractivity contribution in [3.8, 4) is 23.0 Å². The molecule has 5 atom stereocenters. The normalized spacial score (nSPS) is 18.5. The zero-order chi connectivity index (χ0) is 37.4. The van der Waals surface area contributed by atoms with Crippen LogP contribution in [0.15, 0.2) is 60.7 Å². The van der Waals surface area contributed by atoms with Crippen LogP contribution >= 0.6 is 12.4 Å². The number of aliphatic hydroxyl groups is 1. The van der Waals surface area contributed by atoms with E-state index >= 15 is 0 Å². The zero-order valence-corrected chi connectivity index (χ0v) is 29.7. The molecule has 16 nitrogen and oxygen atoms in total. The molecule has 0 aliphatic carbocycles. The van der Waals surface area contributed by atoms with Crippen LogP contribution in [-0.4, -0.2) is 77.3 Å². The summed E-state index contributed by atoms with van der Waals surface area (Å²) in [5.74, 6) is -4.77. The number of ether oxygens (including phenoxy) is 3. The van der Waals surface area contributed by atoms with Gasteiger partial charge in [0.1, 0.15) is 12.1 Å². The van der Waals surface area contributed by atoms with Crippen LogP contribution in [0.25, 0.3) is 0 Å². The Kier molecular flexibility index (Phi) is 14.3. The number of phenols is 1. The van der Waals surface area contributed by atoms with E-state index < -0.39 is 70.3 Å². The van der Waals surface area contributed by atoms with E-state index in [4.69, 9.17) is 19.9 Å². The number of benzene rings is 3. The van der Waals surface area contributed by atoms with E-state index in [0.29, 0.717) is 12.0 Å². The van der Waals surface area contributed by atoms with Crippen molar-refractivity contribution >= 4 is 41.8 Å². The first-order valence-electron chi connectivity index (χ1n) is 16.0. The number of halogens is 1. The number of hydrogen-bond acceptors (Lipinski definition) is 12. The van der Waals surface area contributed by atoms with E-state index in [1.165, 1.54) is 25.3 Å². The number of amides is 3. The molecule has 0 fully saturated rings. The fourth-order valence-corrected chi connectivity index (χ4v) is 5.63. The van der Waals surface area contributed by atoms with Crippen molar-refractivity contribution < 1.29 is 48.5 Å². The zero-order valence-electron chi connectivity index (χ0n) is 28.9. The van der Waals surface area contributed by atoms with E-state index in [-0.39, 0.29) is 59.5 Å². The van der Waals surface area contributed by atoms with Crippen LogP contribution in [-0.2, 0) is 36.8 Å². The highest BCUT2D eigenvalue weighted by atomic mass is 35.5. The van der Waals surface area contributed by atoms with Gasteiger partial charge in [-0.1, -0.05) is 50.2 Å². The third kappa shape index (κ3) is 10.1. The summed E-state index contributed by atoms with van der Waals surface area (Å²) in [5.41, 5.74) is 6.38. The quantitative estimate of drug-likeness (QED) is 0.0996. The molecule has 2 heterocycles.